The minimum Gasteiger partial charge on any atom is -0.382 e. The van der Waals surface area contributed by atoms with Crippen LogP contribution in [0.25, 0.3) is 0 Å². The first kappa shape index (κ1) is 17.9. The molecule has 1 unspecified atom stereocenters. The maximum absolute atomic E-state index is 14.3. The molecule has 7 heteroatoms. The summed E-state index contributed by atoms with van der Waals surface area (Å²) in [7, 11) is 0. The van der Waals surface area contributed by atoms with Gasteiger partial charge in [0.05, 0.1) is 0 Å². The molecular weight excluding hydrogens is 326 g/mol. The molecule has 128 valence electrons. The first-order valence-electron chi connectivity index (χ1n) is 7.02. The van der Waals surface area contributed by atoms with Crippen molar-refractivity contribution in [1.29, 1.82) is 0 Å². The van der Waals surface area contributed by atoms with Crippen LogP contribution in [-0.4, -0.2) is 16.9 Å². The fraction of sp³-hybridized carbons (Fsp3) is 0.235. The highest BCUT2D eigenvalue weighted by Crippen LogP contribution is 2.35. The molecule has 0 saturated carbocycles. The van der Waals surface area contributed by atoms with Crippen molar-refractivity contribution in [2.75, 3.05) is 0 Å². The zero-order valence-corrected chi connectivity index (χ0v) is 12.7. The number of hydrogen-bond acceptors (Lipinski definition) is 2. The molecule has 0 spiro atoms. The highest BCUT2D eigenvalue weighted by atomic mass is 19.3. The monoisotopic (exact) mass is 341 g/mol. The van der Waals surface area contributed by atoms with Gasteiger partial charge in [-0.05, 0) is 41.8 Å². The van der Waals surface area contributed by atoms with Gasteiger partial charge in [0.2, 0.25) is 5.91 Å². The maximum atomic E-state index is 14.3. The molecule has 0 aliphatic carbocycles. The Kier molecular flexibility index (Phi) is 4.94. The average molecular weight is 341 g/mol. The van der Waals surface area contributed by atoms with Crippen molar-refractivity contribution in [3.63, 3.8) is 0 Å². The van der Waals surface area contributed by atoms with Crippen LogP contribution in [0.5, 0.6) is 0 Å². The van der Waals surface area contributed by atoms with Crippen LogP contribution >= 0.6 is 0 Å². The molecule has 3 N–H and O–H groups in total. The van der Waals surface area contributed by atoms with Gasteiger partial charge in [0, 0.05) is 12.0 Å². The summed E-state index contributed by atoms with van der Waals surface area (Å²) >= 11 is 0. The van der Waals surface area contributed by atoms with E-state index in [1.807, 2.05) is 0 Å². The molecule has 0 aromatic heterocycles. The zero-order chi connectivity index (χ0) is 18.1. The number of carbonyl (C=O) groups excluding carboxylic acids is 1. The van der Waals surface area contributed by atoms with Crippen molar-refractivity contribution in [2.45, 2.75) is 25.4 Å². The lowest BCUT2D eigenvalue weighted by Gasteiger charge is -2.23. The molecule has 3 nitrogen and oxygen atoms in total. The van der Waals surface area contributed by atoms with E-state index >= 15 is 0 Å². The van der Waals surface area contributed by atoms with E-state index in [4.69, 9.17) is 5.73 Å². The predicted molar refractivity (Wildman–Crippen MR) is 79.7 cm³/mol. The largest absolute Gasteiger partial charge is 0.382 e. The summed E-state index contributed by atoms with van der Waals surface area (Å²) in [5.41, 5.74) is 4.30. The Morgan fingerprint density at radius 1 is 1.17 bits per heavy atom. The van der Waals surface area contributed by atoms with E-state index in [2.05, 4.69) is 0 Å². The van der Waals surface area contributed by atoms with Gasteiger partial charge in [0.1, 0.15) is 17.7 Å². The predicted octanol–water partition coefficient (Wildman–Crippen LogP) is 3.28. The standard InChI is InChI=1S/C17H15F4NO2/c1-9-13(16(22)24)7-4-11(14(9)19)8-17(20,21)15(23)10-2-5-12(18)6-3-10/h2-7,15,23H,8H2,1H3,(H2,22,24). The maximum Gasteiger partial charge on any atom is 0.281 e. The normalized spacial score (nSPS) is 12.9. The van der Waals surface area contributed by atoms with Crippen LogP contribution in [0, 0.1) is 18.6 Å². The number of nitrogens with two attached hydrogens (primary N) is 1. The molecule has 2 aromatic carbocycles. The van der Waals surface area contributed by atoms with Gasteiger partial charge in [0.15, 0.2) is 0 Å². The number of alkyl halides is 2. The Hall–Kier alpha value is -2.41. The molecule has 24 heavy (non-hydrogen) atoms. The third kappa shape index (κ3) is 3.56. The number of hydrogen-bond donors (Lipinski definition) is 2. The van der Waals surface area contributed by atoms with Gasteiger partial charge in [0.25, 0.3) is 5.92 Å². The minimum atomic E-state index is -3.70. The summed E-state index contributed by atoms with van der Waals surface area (Å²) < 4.78 is 55.6. The molecule has 0 fully saturated rings. The minimum absolute atomic E-state index is 0.0985. The van der Waals surface area contributed by atoms with Crippen molar-refractivity contribution in [3.05, 3.63) is 70.3 Å². The molecule has 0 saturated heterocycles. The number of primary amides is 1. The van der Waals surface area contributed by atoms with E-state index < -0.39 is 36.0 Å². The van der Waals surface area contributed by atoms with Crippen molar-refractivity contribution in [1.82, 2.24) is 0 Å². The van der Waals surface area contributed by atoms with Gasteiger partial charge in [-0.25, -0.2) is 17.6 Å². The van der Waals surface area contributed by atoms with E-state index in [0.29, 0.717) is 0 Å². The van der Waals surface area contributed by atoms with Crippen LogP contribution in [0.2, 0.25) is 0 Å². The molecular formula is C17H15F4NO2. The quantitative estimate of drug-likeness (QED) is 0.820. The summed E-state index contributed by atoms with van der Waals surface area (Å²) in [6.07, 6.45) is -3.31. The number of rotatable bonds is 5. The van der Waals surface area contributed by atoms with Gasteiger partial charge < -0.3 is 10.8 Å². The lowest BCUT2D eigenvalue weighted by Crippen LogP contribution is -2.29. The smallest absolute Gasteiger partial charge is 0.281 e. The number of aliphatic hydroxyl groups excluding tert-OH is 1. The second-order valence-corrected chi connectivity index (χ2v) is 5.47. The Labute approximate surface area is 135 Å². The fourth-order valence-corrected chi connectivity index (χ4v) is 2.38. The summed E-state index contributed by atoms with van der Waals surface area (Å²) in [6.45, 7) is 1.26. The third-order valence-electron chi connectivity index (χ3n) is 3.74. The SMILES string of the molecule is Cc1c(C(N)=O)ccc(CC(F)(F)C(O)c2ccc(F)cc2)c1F. The van der Waals surface area contributed by atoms with E-state index in [1.165, 1.54) is 6.92 Å². The Morgan fingerprint density at radius 3 is 2.29 bits per heavy atom. The lowest BCUT2D eigenvalue weighted by molar-refractivity contribution is -0.110. The van der Waals surface area contributed by atoms with Gasteiger partial charge in [-0.15, -0.1) is 0 Å². The third-order valence-corrected chi connectivity index (χ3v) is 3.74. The van der Waals surface area contributed by atoms with Crippen LogP contribution in [0.4, 0.5) is 17.6 Å². The van der Waals surface area contributed by atoms with E-state index in [-0.39, 0.29) is 22.3 Å². The Morgan fingerprint density at radius 2 is 1.75 bits per heavy atom. The topological polar surface area (TPSA) is 63.3 Å². The van der Waals surface area contributed by atoms with Crippen molar-refractivity contribution in [3.8, 4) is 0 Å². The zero-order valence-electron chi connectivity index (χ0n) is 12.7. The molecule has 1 atom stereocenters. The molecule has 0 radical (unpaired) electrons. The highest BCUT2D eigenvalue weighted by Gasteiger charge is 2.40. The second kappa shape index (κ2) is 6.60. The van der Waals surface area contributed by atoms with E-state index in [9.17, 15) is 27.5 Å². The van der Waals surface area contributed by atoms with E-state index in [1.54, 1.807) is 0 Å². The number of benzene rings is 2. The number of aliphatic hydroxyl groups is 1. The average Bonchev–Trinajstić information content (AvgIpc) is 2.51. The molecule has 0 bridgehead atoms. The summed E-state index contributed by atoms with van der Waals surface area (Å²) in [5.74, 6) is -6.16. The summed E-state index contributed by atoms with van der Waals surface area (Å²) in [5, 5.41) is 9.83. The molecule has 2 aromatic rings. The highest BCUT2D eigenvalue weighted by molar-refractivity contribution is 5.94. The first-order valence-corrected chi connectivity index (χ1v) is 7.02. The van der Waals surface area contributed by atoms with Gasteiger partial charge in [-0.3, -0.25) is 4.79 Å². The molecule has 0 aliphatic rings. The number of amides is 1. The van der Waals surface area contributed by atoms with Crippen molar-refractivity contribution in [2.24, 2.45) is 5.73 Å². The van der Waals surface area contributed by atoms with E-state index in [0.717, 1.165) is 36.4 Å². The summed E-state index contributed by atoms with van der Waals surface area (Å²) in [4.78, 5) is 11.1. The van der Waals surface area contributed by atoms with Crippen LogP contribution in [0.1, 0.15) is 33.2 Å². The second-order valence-electron chi connectivity index (χ2n) is 5.47. The lowest BCUT2D eigenvalue weighted by atomic mass is 9.94. The molecule has 0 aliphatic heterocycles. The van der Waals surface area contributed by atoms with Crippen LogP contribution in [-0.2, 0) is 6.42 Å². The van der Waals surface area contributed by atoms with Crippen LogP contribution < -0.4 is 5.73 Å². The van der Waals surface area contributed by atoms with Gasteiger partial charge >= 0.3 is 0 Å². The first-order chi connectivity index (χ1) is 11.1. The van der Waals surface area contributed by atoms with Crippen molar-refractivity contribution >= 4 is 5.91 Å². The van der Waals surface area contributed by atoms with Crippen molar-refractivity contribution < 1.29 is 27.5 Å². The van der Waals surface area contributed by atoms with Crippen LogP contribution in [0.15, 0.2) is 36.4 Å². The van der Waals surface area contributed by atoms with Crippen LogP contribution in [0.3, 0.4) is 0 Å². The van der Waals surface area contributed by atoms with Gasteiger partial charge in [-0.1, -0.05) is 18.2 Å². The van der Waals surface area contributed by atoms with Gasteiger partial charge in [-0.2, -0.15) is 0 Å². The number of halogens is 4. The molecule has 2 rings (SSSR count). The Balaban J connectivity index is 2.30. The summed E-state index contributed by atoms with van der Waals surface area (Å²) in [6, 6.07) is 6.16. The molecule has 0 heterocycles. The Bertz CT molecular complexity index is 760. The number of carbonyl (C=O) groups is 1. The molecule has 1 amide bonds. The fourth-order valence-electron chi connectivity index (χ4n) is 2.38.